The first kappa shape index (κ1) is 34.5. The Balaban J connectivity index is 1.21. The lowest BCUT2D eigenvalue weighted by atomic mass is 9.51. The average molecular weight is 733 g/mol. The second kappa shape index (κ2) is 12.8. The van der Waals surface area contributed by atoms with Crippen molar-refractivity contribution in [3.05, 3.63) is 130 Å². The maximum Gasteiger partial charge on any atom is 0.241 e. The predicted molar refractivity (Wildman–Crippen MR) is 194 cm³/mol. The summed E-state index contributed by atoms with van der Waals surface area (Å²) >= 11 is 6.11. The summed E-state index contributed by atoms with van der Waals surface area (Å²) in [4.78, 5) is 71.5. The second-order valence-electron chi connectivity index (χ2n) is 14.4. The maximum absolute atomic E-state index is 14.7. The third kappa shape index (κ3) is 5.38. The van der Waals surface area contributed by atoms with Crippen LogP contribution in [0.2, 0.25) is 5.02 Å². The van der Waals surface area contributed by atoms with E-state index in [4.69, 9.17) is 16.3 Å². The molecule has 8 rings (SSSR count). The lowest BCUT2D eigenvalue weighted by molar-refractivity contribution is -0.131. The summed E-state index contributed by atoms with van der Waals surface area (Å²) in [6.07, 6.45) is 2.18. The van der Waals surface area contributed by atoms with Crippen LogP contribution in [0.3, 0.4) is 0 Å². The molecule has 6 atom stereocenters. The first-order valence-corrected chi connectivity index (χ1v) is 17.8. The summed E-state index contributed by atoms with van der Waals surface area (Å²) < 4.78 is 20.2. The monoisotopic (exact) mass is 732 g/mol. The Bertz CT molecular complexity index is 2260. The fourth-order valence-electron chi connectivity index (χ4n) is 8.93. The molecule has 0 aromatic heterocycles. The molecule has 268 valence electrons. The van der Waals surface area contributed by atoms with Crippen LogP contribution < -0.4 is 14.5 Å². The van der Waals surface area contributed by atoms with Crippen LogP contribution in [0.4, 0.5) is 15.8 Å². The molecular weight excluding hydrogens is 699 g/mol. The van der Waals surface area contributed by atoms with E-state index < -0.39 is 58.5 Å². The number of anilines is 2. The molecule has 1 N–H and O–H groups in total. The minimum absolute atomic E-state index is 0.0885. The van der Waals surface area contributed by atoms with Gasteiger partial charge in [0.25, 0.3) is 0 Å². The Labute approximate surface area is 309 Å². The SMILES string of the molecule is CC(=O)c1ccc(N2C(=O)[C@H]3[C@H](CC=C4[C@H]3C[C@H]3C(=O)N(c5ccc(F)c(Cl)c5)C(=O)[C@@]3(C)[C@H]4c3ccc(OCc4ccccc4)cc3O)C2=O)cc1. The molecule has 0 bridgehead atoms. The first-order chi connectivity index (χ1) is 25.4. The van der Waals surface area contributed by atoms with Gasteiger partial charge in [0.05, 0.1) is 39.6 Å². The molecule has 4 amide bonds. The van der Waals surface area contributed by atoms with Crippen LogP contribution in [0, 0.1) is 34.9 Å². The fraction of sp³-hybridized carbons (Fsp3) is 0.262. The molecule has 3 fully saturated rings. The summed E-state index contributed by atoms with van der Waals surface area (Å²) in [5.74, 6) is -6.55. The molecule has 0 radical (unpaired) electrons. The van der Waals surface area contributed by atoms with E-state index in [9.17, 15) is 33.5 Å². The number of carbonyl (C=O) groups is 5. The highest BCUT2D eigenvalue weighted by atomic mass is 35.5. The van der Waals surface area contributed by atoms with Gasteiger partial charge >= 0.3 is 0 Å². The van der Waals surface area contributed by atoms with Gasteiger partial charge in [-0.25, -0.2) is 9.29 Å². The van der Waals surface area contributed by atoms with E-state index in [1.54, 1.807) is 43.3 Å². The number of aromatic hydroxyl groups is 1. The van der Waals surface area contributed by atoms with Gasteiger partial charge in [0, 0.05) is 23.1 Å². The number of ether oxygens (including phenoxy) is 1. The number of phenolic OH excluding ortho intramolecular Hbond substituents is 1. The second-order valence-corrected chi connectivity index (χ2v) is 14.8. The highest BCUT2D eigenvalue weighted by molar-refractivity contribution is 6.32. The van der Waals surface area contributed by atoms with Gasteiger partial charge in [-0.1, -0.05) is 59.6 Å². The van der Waals surface area contributed by atoms with Gasteiger partial charge in [-0.15, -0.1) is 0 Å². The van der Waals surface area contributed by atoms with E-state index in [0.29, 0.717) is 28.1 Å². The number of phenols is 1. The zero-order valence-electron chi connectivity index (χ0n) is 28.8. The van der Waals surface area contributed by atoms with E-state index in [0.717, 1.165) is 21.4 Å². The van der Waals surface area contributed by atoms with Crippen molar-refractivity contribution in [1.82, 2.24) is 0 Å². The lowest BCUT2D eigenvalue weighted by Gasteiger charge is -2.49. The number of benzene rings is 4. The Morgan fingerprint density at radius 2 is 1.60 bits per heavy atom. The summed E-state index contributed by atoms with van der Waals surface area (Å²) in [7, 11) is 0. The zero-order chi connectivity index (χ0) is 37.3. The summed E-state index contributed by atoms with van der Waals surface area (Å²) in [6.45, 7) is 3.38. The van der Waals surface area contributed by atoms with E-state index in [-0.39, 0.29) is 47.6 Å². The number of hydrogen-bond donors (Lipinski definition) is 1. The quantitative estimate of drug-likeness (QED) is 0.119. The Morgan fingerprint density at radius 1 is 0.887 bits per heavy atom. The highest BCUT2D eigenvalue weighted by Gasteiger charge is 2.68. The average Bonchev–Trinajstić information content (AvgIpc) is 3.52. The molecule has 4 aromatic rings. The number of fused-ring (bicyclic) bond motifs is 4. The number of nitrogens with zero attached hydrogens (tertiary/aromatic N) is 2. The van der Waals surface area contributed by atoms with Gasteiger partial charge in [0.15, 0.2) is 5.78 Å². The number of hydrogen-bond acceptors (Lipinski definition) is 7. The van der Waals surface area contributed by atoms with Gasteiger partial charge in [0.2, 0.25) is 23.6 Å². The maximum atomic E-state index is 14.7. The van der Waals surface area contributed by atoms with Gasteiger partial charge in [0.1, 0.15) is 23.9 Å². The first-order valence-electron chi connectivity index (χ1n) is 17.4. The predicted octanol–water partition coefficient (Wildman–Crippen LogP) is 7.40. The molecule has 53 heavy (non-hydrogen) atoms. The third-order valence-electron chi connectivity index (χ3n) is 11.5. The molecule has 2 aliphatic heterocycles. The minimum Gasteiger partial charge on any atom is -0.508 e. The molecule has 4 aliphatic rings. The largest absolute Gasteiger partial charge is 0.508 e. The zero-order valence-corrected chi connectivity index (χ0v) is 29.5. The van der Waals surface area contributed by atoms with E-state index in [1.807, 2.05) is 36.4 Å². The molecule has 0 unspecified atom stereocenters. The van der Waals surface area contributed by atoms with Gasteiger partial charge in [-0.3, -0.25) is 28.9 Å². The number of amides is 4. The number of rotatable bonds is 7. The van der Waals surface area contributed by atoms with E-state index >= 15 is 0 Å². The Morgan fingerprint density at radius 3 is 2.28 bits per heavy atom. The van der Waals surface area contributed by atoms with Gasteiger partial charge in [-0.05, 0) is 86.7 Å². The van der Waals surface area contributed by atoms with Crippen molar-refractivity contribution in [2.24, 2.45) is 29.1 Å². The smallest absolute Gasteiger partial charge is 0.241 e. The molecule has 2 heterocycles. The van der Waals surface area contributed by atoms with Crippen molar-refractivity contribution in [3.63, 3.8) is 0 Å². The van der Waals surface area contributed by atoms with Crippen LogP contribution in [-0.2, 0) is 25.8 Å². The number of imide groups is 2. The minimum atomic E-state index is -1.44. The topological polar surface area (TPSA) is 121 Å². The molecule has 2 aliphatic carbocycles. The van der Waals surface area contributed by atoms with Gasteiger partial charge in [-0.2, -0.15) is 0 Å². The number of allylic oxidation sites excluding steroid dienone is 2. The molecule has 1 saturated carbocycles. The third-order valence-corrected chi connectivity index (χ3v) is 11.8. The fourth-order valence-corrected chi connectivity index (χ4v) is 9.10. The van der Waals surface area contributed by atoms with Crippen LogP contribution in [0.15, 0.2) is 103 Å². The summed E-state index contributed by atoms with van der Waals surface area (Å²) in [6, 6.07) is 24.3. The van der Waals surface area contributed by atoms with Crippen molar-refractivity contribution in [1.29, 1.82) is 0 Å². The number of halogens is 2. The molecule has 2 saturated heterocycles. The Hall–Kier alpha value is -5.61. The molecule has 0 spiro atoms. The number of ketones is 1. The van der Waals surface area contributed by atoms with Crippen molar-refractivity contribution in [2.45, 2.75) is 39.2 Å². The normalized spacial score (nSPS) is 26.3. The lowest BCUT2D eigenvalue weighted by Crippen LogP contribution is -2.48. The summed E-state index contributed by atoms with van der Waals surface area (Å²) in [5.41, 5.74) is 1.44. The van der Waals surface area contributed by atoms with Crippen molar-refractivity contribution >= 4 is 52.4 Å². The van der Waals surface area contributed by atoms with Crippen molar-refractivity contribution < 1.29 is 38.2 Å². The van der Waals surface area contributed by atoms with E-state index in [2.05, 4.69) is 0 Å². The van der Waals surface area contributed by atoms with Crippen LogP contribution in [0.5, 0.6) is 11.5 Å². The van der Waals surface area contributed by atoms with Crippen LogP contribution in [0.25, 0.3) is 0 Å². The molecule has 9 nitrogen and oxygen atoms in total. The number of carbonyl (C=O) groups excluding carboxylic acids is 5. The van der Waals surface area contributed by atoms with Gasteiger partial charge < -0.3 is 9.84 Å². The molecule has 4 aromatic carbocycles. The number of Topliss-reactive ketones (excluding diaryl/α,β-unsaturated/α-hetero) is 1. The Kier molecular flexibility index (Phi) is 8.33. The molecule has 11 heteroatoms. The van der Waals surface area contributed by atoms with E-state index in [1.165, 1.54) is 25.1 Å². The van der Waals surface area contributed by atoms with Crippen LogP contribution >= 0.6 is 11.6 Å². The summed E-state index contributed by atoms with van der Waals surface area (Å²) in [5, 5.41) is 11.4. The van der Waals surface area contributed by atoms with Crippen molar-refractivity contribution in [3.8, 4) is 11.5 Å². The molecular formula is C42H34ClFN2O7. The van der Waals surface area contributed by atoms with Crippen LogP contribution in [0.1, 0.15) is 54.1 Å². The van der Waals surface area contributed by atoms with Crippen molar-refractivity contribution in [2.75, 3.05) is 9.80 Å². The highest BCUT2D eigenvalue weighted by Crippen LogP contribution is 2.64. The van der Waals surface area contributed by atoms with Crippen LogP contribution in [-0.4, -0.2) is 34.5 Å². The standard InChI is InChI=1S/C42H34ClFN2O7/c1-22(47)24-8-10-25(11-9-24)45-38(49)30-16-15-28-31(36(30)40(45)51)20-32-39(50)46(26-12-17-34(44)33(43)18-26)41(52)42(32,2)37(28)29-14-13-27(19-35(29)48)53-21-23-6-4-3-5-7-23/h3-15,17-19,30-32,36-37,48H,16,20-21H2,1-2H3/t30-,31+,32-,36-,37+,42+/m0/s1.